The molecule has 0 aliphatic carbocycles. The molecule has 0 saturated heterocycles. The molecule has 446 valence electrons. The van der Waals surface area contributed by atoms with Crippen LogP contribution in [-0.4, -0.2) is 37.2 Å². The summed E-state index contributed by atoms with van der Waals surface area (Å²) in [5.41, 5.74) is 0. The van der Waals surface area contributed by atoms with Crippen LogP contribution in [0.15, 0.2) is 109 Å². The van der Waals surface area contributed by atoms with Gasteiger partial charge < -0.3 is 14.2 Å². The molecule has 0 radical (unpaired) electrons. The number of carbonyl (C=O) groups is 3. The number of ether oxygens (including phenoxy) is 3. The minimum Gasteiger partial charge on any atom is -0.462 e. The fraction of sp³-hybridized carbons (Fsp3) is 0.708. The number of unbranched alkanes of at least 4 members (excludes halogenated alkanes) is 30. The van der Waals surface area contributed by atoms with Crippen molar-refractivity contribution in [2.75, 3.05) is 13.2 Å². The van der Waals surface area contributed by atoms with E-state index < -0.39 is 6.10 Å². The number of allylic oxidation sites excluding steroid dienone is 18. The quantitative estimate of drug-likeness (QED) is 0.0261. The van der Waals surface area contributed by atoms with Crippen molar-refractivity contribution in [3.8, 4) is 0 Å². The Morgan fingerprint density at radius 1 is 0.269 bits per heavy atom. The van der Waals surface area contributed by atoms with Gasteiger partial charge in [0.25, 0.3) is 0 Å². The van der Waals surface area contributed by atoms with Crippen LogP contribution in [-0.2, 0) is 28.6 Å². The molecule has 0 saturated carbocycles. The molecular weight excluding hydrogens is 961 g/mol. The van der Waals surface area contributed by atoms with Crippen molar-refractivity contribution in [1.29, 1.82) is 0 Å². The summed E-state index contributed by atoms with van der Waals surface area (Å²) < 4.78 is 16.9. The molecule has 0 rings (SSSR count). The minimum atomic E-state index is -0.799. The van der Waals surface area contributed by atoms with Crippen LogP contribution >= 0.6 is 0 Å². The summed E-state index contributed by atoms with van der Waals surface area (Å²) in [6, 6.07) is 0. The highest BCUT2D eigenvalue weighted by atomic mass is 16.6. The number of hydrogen-bond donors (Lipinski definition) is 0. The molecular formula is C72H122O6. The van der Waals surface area contributed by atoms with Crippen molar-refractivity contribution in [3.05, 3.63) is 109 Å². The maximum atomic E-state index is 12.9. The normalized spacial score (nSPS) is 12.8. The van der Waals surface area contributed by atoms with Gasteiger partial charge in [-0.25, -0.2) is 0 Å². The summed E-state index contributed by atoms with van der Waals surface area (Å²) in [5, 5.41) is 0. The third-order valence-electron chi connectivity index (χ3n) is 14.0. The van der Waals surface area contributed by atoms with Gasteiger partial charge in [0, 0.05) is 19.3 Å². The molecule has 0 aromatic rings. The van der Waals surface area contributed by atoms with Crippen molar-refractivity contribution >= 4 is 17.9 Å². The van der Waals surface area contributed by atoms with E-state index in [1.807, 2.05) is 0 Å². The molecule has 0 aliphatic rings. The number of rotatable bonds is 59. The predicted molar refractivity (Wildman–Crippen MR) is 339 cm³/mol. The van der Waals surface area contributed by atoms with Crippen molar-refractivity contribution < 1.29 is 28.6 Å². The van der Waals surface area contributed by atoms with E-state index in [-0.39, 0.29) is 37.5 Å². The number of esters is 3. The zero-order valence-electron chi connectivity index (χ0n) is 51.2. The third-order valence-corrected chi connectivity index (χ3v) is 14.0. The van der Waals surface area contributed by atoms with Crippen LogP contribution in [0, 0.1) is 0 Å². The summed E-state index contributed by atoms with van der Waals surface area (Å²) in [4.78, 5) is 38.3. The van der Waals surface area contributed by atoms with E-state index in [0.29, 0.717) is 19.3 Å². The van der Waals surface area contributed by atoms with E-state index in [9.17, 15) is 14.4 Å². The van der Waals surface area contributed by atoms with Gasteiger partial charge in [0.05, 0.1) is 0 Å². The Hall–Kier alpha value is -3.93. The van der Waals surface area contributed by atoms with E-state index >= 15 is 0 Å². The second kappa shape index (κ2) is 65.6. The molecule has 0 amide bonds. The third kappa shape index (κ3) is 62.9. The zero-order chi connectivity index (χ0) is 56.4. The second-order valence-corrected chi connectivity index (χ2v) is 21.6. The van der Waals surface area contributed by atoms with Gasteiger partial charge >= 0.3 is 17.9 Å². The molecule has 0 spiro atoms. The van der Waals surface area contributed by atoms with Gasteiger partial charge in [-0.2, -0.15) is 0 Å². The summed E-state index contributed by atoms with van der Waals surface area (Å²) in [6.07, 6.45) is 89.7. The standard InChI is InChI=1S/C72H122O6/c1-4-7-10-13-16-19-22-25-28-29-30-31-32-33-34-35-36-37-38-39-40-41-42-43-45-47-50-53-56-59-62-65-71(74)77-68-69(67-76-70(73)64-61-58-55-52-49-46-27-24-21-18-15-12-9-6-3)78-72(75)66-63-60-57-54-51-48-44-26-23-20-17-14-11-8-5-2/h7-8,10-11,16-17,19-20,25-26,28,30-31,33-34,44,51,54,69H,4-6,9,12-15,18,21-24,27,29,32,35-43,45-50,52-53,55-68H2,1-3H3/b10-7-,11-8-,19-16-,20-17-,28-25-,31-30-,34-33-,44-26-,54-51-. The average Bonchev–Trinajstić information content (AvgIpc) is 3.44. The summed E-state index contributed by atoms with van der Waals surface area (Å²) >= 11 is 0. The van der Waals surface area contributed by atoms with Crippen molar-refractivity contribution in [2.24, 2.45) is 0 Å². The first-order valence-electron chi connectivity index (χ1n) is 32.9. The highest BCUT2D eigenvalue weighted by molar-refractivity contribution is 5.71. The van der Waals surface area contributed by atoms with Gasteiger partial charge in [-0.1, -0.05) is 297 Å². The van der Waals surface area contributed by atoms with Crippen LogP contribution in [0.4, 0.5) is 0 Å². The Bertz CT molecular complexity index is 1570. The average molecular weight is 1080 g/mol. The molecule has 0 N–H and O–H groups in total. The molecule has 0 bridgehead atoms. The van der Waals surface area contributed by atoms with Crippen LogP contribution < -0.4 is 0 Å². The number of hydrogen-bond acceptors (Lipinski definition) is 6. The minimum absolute atomic E-state index is 0.0914. The van der Waals surface area contributed by atoms with Gasteiger partial charge in [-0.3, -0.25) is 14.4 Å². The van der Waals surface area contributed by atoms with Crippen molar-refractivity contribution in [1.82, 2.24) is 0 Å². The smallest absolute Gasteiger partial charge is 0.306 e. The molecule has 78 heavy (non-hydrogen) atoms. The monoisotopic (exact) mass is 1080 g/mol. The fourth-order valence-electron chi connectivity index (χ4n) is 9.17. The highest BCUT2D eigenvalue weighted by Crippen LogP contribution is 2.17. The van der Waals surface area contributed by atoms with E-state index in [4.69, 9.17) is 14.2 Å². The second-order valence-electron chi connectivity index (χ2n) is 21.6. The first kappa shape index (κ1) is 74.1. The lowest BCUT2D eigenvalue weighted by atomic mass is 10.0. The number of carbonyl (C=O) groups excluding carboxylic acids is 3. The summed E-state index contributed by atoms with van der Waals surface area (Å²) in [7, 11) is 0. The Morgan fingerprint density at radius 2 is 0.500 bits per heavy atom. The lowest BCUT2D eigenvalue weighted by Crippen LogP contribution is -2.30. The molecule has 0 aromatic heterocycles. The Morgan fingerprint density at radius 3 is 0.808 bits per heavy atom. The molecule has 1 unspecified atom stereocenters. The van der Waals surface area contributed by atoms with E-state index in [0.717, 1.165) is 109 Å². The highest BCUT2D eigenvalue weighted by Gasteiger charge is 2.19. The topological polar surface area (TPSA) is 78.9 Å². The van der Waals surface area contributed by atoms with Crippen molar-refractivity contribution in [3.63, 3.8) is 0 Å². The van der Waals surface area contributed by atoms with Crippen LogP contribution in [0.1, 0.15) is 310 Å². The van der Waals surface area contributed by atoms with E-state index in [1.54, 1.807) is 0 Å². The first-order chi connectivity index (χ1) is 38.5. The Kier molecular flexibility index (Phi) is 62.3. The Labute approximate surface area is 482 Å². The molecule has 0 aliphatic heterocycles. The van der Waals surface area contributed by atoms with Crippen LogP contribution in [0.2, 0.25) is 0 Å². The summed E-state index contributed by atoms with van der Waals surface area (Å²) in [6.45, 7) is 6.40. The van der Waals surface area contributed by atoms with Gasteiger partial charge in [0.2, 0.25) is 0 Å². The van der Waals surface area contributed by atoms with Crippen molar-refractivity contribution in [2.45, 2.75) is 316 Å². The van der Waals surface area contributed by atoms with Crippen LogP contribution in [0.3, 0.4) is 0 Å². The lowest BCUT2D eigenvalue weighted by Gasteiger charge is -2.18. The Balaban J connectivity index is 4.24. The molecule has 0 fully saturated rings. The molecule has 0 aromatic carbocycles. The van der Waals surface area contributed by atoms with Gasteiger partial charge in [0.15, 0.2) is 6.10 Å². The SMILES string of the molecule is CC/C=C\C/C=C\C/C=C\C/C=C\C/C=C\CCCCCCCCCCCCCCCCCC(=O)OCC(COC(=O)CCCCCCCCCCCCCCCC)OC(=O)CCCC/C=C\C/C=C\C/C=C\C/C=C\CC. The van der Waals surface area contributed by atoms with Gasteiger partial charge in [-0.05, 0) is 103 Å². The largest absolute Gasteiger partial charge is 0.462 e. The van der Waals surface area contributed by atoms with Crippen LogP contribution in [0.5, 0.6) is 0 Å². The molecule has 0 heterocycles. The predicted octanol–water partition coefficient (Wildman–Crippen LogP) is 22.6. The zero-order valence-corrected chi connectivity index (χ0v) is 51.2. The van der Waals surface area contributed by atoms with Gasteiger partial charge in [0.1, 0.15) is 13.2 Å². The van der Waals surface area contributed by atoms with Crippen LogP contribution in [0.25, 0.3) is 0 Å². The van der Waals surface area contributed by atoms with E-state index in [2.05, 4.69) is 130 Å². The molecule has 6 heteroatoms. The van der Waals surface area contributed by atoms with Gasteiger partial charge in [-0.15, -0.1) is 0 Å². The first-order valence-corrected chi connectivity index (χ1v) is 32.9. The lowest BCUT2D eigenvalue weighted by molar-refractivity contribution is -0.167. The van der Waals surface area contributed by atoms with E-state index in [1.165, 1.54) is 154 Å². The molecule has 6 nitrogen and oxygen atoms in total. The maximum absolute atomic E-state index is 12.9. The fourth-order valence-corrected chi connectivity index (χ4v) is 9.17. The summed E-state index contributed by atoms with van der Waals surface area (Å²) in [5.74, 6) is -0.923. The molecule has 1 atom stereocenters. The maximum Gasteiger partial charge on any atom is 0.306 e.